The number of ketones is 1. The van der Waals surface area contributed by atoms with E-state index in [-0.39, 0.29) is 18.1 Å². The van der Waals surface area contributed by atoms with Gasteiger partial charge < -0.3 is 5.32 Å². The number of rotatable bonds is 11. The van der Waals surface area contributed by atoms with Crippen molar-refractivity contribution in [1.82, 2.24) is 4.98 Å². The van der Waals surface area contributed by atoms with Crippen LogP contribution in [0.3, 0.4) is 0 Å². The maximum Gasteiger partial charge on any atom is 0.231 e. The summed E-state index contributed by atoms with van der Waals surface area (Å²) in [6.45, 7) is 2.20. The lowest BCUT2D eigenvalue weighted by atomic mass is 10.1. The van der Waals surface area contributed by atoms with Crippen molar-refractivity contribution < 1.29 is 9.59 Å². The van der Waals surface area contributed by atoms with Gasteiger partial charge in [-0.2, -0.15) is 0 Å². The minimum absolute atomic E-state index is 0.00814. The number of unbranched alkanes of at least 4 members (excludes halogenated alkanes) is 6. The third-order valence-corrected chi connectivity index (χ3v) is 3.63. The normalized spacial score (nSPS) is 10.5. The third-order valence-electron chi connectivity index (χ3n) is 3.43. The van der Waals surface area contributed by atoms with Crippen molar-refractivity contribution in [2.45, 2.75) is 64.7 Å². The first kappa shape index (κ1) is 18.6. The maximum atomic E-state index is 11.7. The first-order valence-electron chi connectivity index (χ1n) is 8.05. The van der Waals surface area contributed by atoms with E-state index >= 15 is 0 Å². The monoisotopic (exact) mass is 324 g/mol. The molecular formula is C17H25ClN2O2. The Bertz CT molecular complexity index is 477. The molecule has 4 nitrogen and oxygen atoms in total. The van der Waals surface area contributed by atoms with E-state index < -0.39 is 0 Å². The van der Waals surface area contributed by atoms with Crippen LogP contribution in [-0.4, -0.2) is 16.7 Å². The highest BCUT2D eigenvalue weighted by Gasteiger charge is 2.09. The number of hydrogen-bond donors (Lipinski definition) is 1. The molecule has 0 aromatic carbocycles. The molecule has 0 aliphatic carbocycles. The number of pyridine rings is 1. The molecule has 1 rings (SSSR count). The summed E-state index contributed by atoms with van der Waals surface area (Å²) in [5.74, 6) is -0.304. The van der Waals surface area contributed by atoms with Crippen molar-refractivity contribution in [3.63, 3.8) is 0 Å². The molecule has 22 heavy (non-hydrogen) atoms. The quantitative estimate of drug-likeness (QED) is 0.362. The zero-order valence-corrected chi connectivity index (χ0v) is 14.0. The molecule has 0 saturated carbocycles. The number of halogens is 1. The number of Topliss-reactive ketones (excluding diaryl/α,β-unsaturated/α-hetero) is 1. The van der Waals surface area contributed by atoms with Gasteiger partial charge in [-0.3, -0.25) is 9.59 Å². The fraction of sp³-hybridized carbons (Fsp3) is 0.588. The van der Waals surface area contributed by atoms with E-state index in [0.29, 0.717) is 17.3 Å². The molecule has 0 unspecified atom stereocenters. The largest absolute Gasteiger partial charge is 0.326 e. The maximum absolute atomic E-state index is 11.7. The summed E-state index contributed by atoms with van der Waals surface area (Å²) >= 11 is 5.73. The highest BCUT2D eigenvalue weighted by atomic mass is 35.5. The van der Waals surface area contributed by atoms with Crippen molar-refractivity contribution in [3.05, 3.63) is 23.5 Å². The molecule has 0 atom stereocenters. The van der Waals surface area contributed by atoms with Gasteiger partial charge in [-0.25, -0.2) is 4.98 Å². The van der Waals surface area contributed by atoms with Gasteiger partial charge in [-0.1, -0.05) is 57.0 Å². The fourth-order valence-corrected chi connectivity index (χ4v) is 2.41. The topological polar surface area (TPSA) is 59.1 Å². The Hall–Kier alpha value is -1.42. The molecule has 122 valence electrons. The SMILES string of the molecule is CCCCCCCCCC(=O)CC(=O)Nc1ccnc(Cl)c1. The van der Waals surface area contributed by atoms with E-state index in [2.05, 4.69) is 17.2 Å². The molecule has 0 aliphatic heterocycles. The number of carbonyl (C=O) groups is 2. The lowest BCUT2D eigenvalue weighted by Crippen LogP contribution is -2.16. The molecular weight excluding hydrogens is 300 g/mol. The van der Waals surface area contributed by atoms with Crippen molar-refractivity contribution in [1.29, 1.82) is 0 Å². The van der Waals surface area contributed by atoms with E-state index in [1.54, 1.807) is 12.1 Å². The first-order valence-corrected chi connectivity index (χ1v) is 8.42. The van der Waals surface area contributed by atoms with Gasteiger partial charge in [-0.05, 0) is 18.6 Å². The predicted molar refractivity (Wildman–Crippen MR) is 90.1 cm³/mol. The number of nitrogens with one attached hydrogen (secondary N) is 1. The van der Waals surface area contributed by atoms with Gasteiger partial charge in [0.15, 0.2) is 0 Å². The summed E-state index contributed by atoms with van der Waals surface area (Å²) in [6.07, 6.45) is 10.1. The van der Waals surface area contributed by atoms with Gasteiger partial charge in [0.2, 0.25) is 5.91 Å². The van der Waals surface area contributed by atoms with Crippen LogP contribution in [0.1, 0.15) is 64.7 Å². The van der Waals surface area contributed by atoms with Gasteiger partial charge in [0.25, 0.3) is 0 Å². The molecule has 0 aliphatic rings. The molecule has 5 heteroatoms. The van der Waals surface area contributed by atoms with Gasteiger partial charge in [0.05, 0.1) is 6.42 Å². The van der Waals surface area contributed by atoms with E-state index in [1.165, 1.54) is 38.3 Å². The lowest BCUT2D eigenvalue weighted by Gasteiger charge is -2.05. The van der Waals surface area contributed by atoms with Crippen LogP contribution in [0, 0.1) is 0 Å². The Labute approximate surface area is 137 Å². The second kappa shape index (κ2) is 11.2. The van der Waals surface area contributed by atoms with Crippen LogP contribution in [0.25, 0.3) is 0 Å². The zero-order chi connectivity index (χ0) is 16.2. The smallest absolute Gasteiger partial charge is 0.231 e. The Morgan fingerprint density at radius 1 is 1.14 bits per heavy atom. The predicted octanol–water partition coefficient (Wildman–Crippen LogP) is 4.77. The van der Waals surface area contributed by atoms with E-state index in [0.717, 1.165) is 12.8 Å². The molecule has 0 spiro atoms. The van der Waals surface area contributed by atoms with Gasteiger partial charge in [-0.15, -0.1) is 0 Å². The first-order chi connectivity index (χ1) is 10.6. The van der Waals surface area contributed by atoms with Crippen molar-refractivity contribution in [3.8, 4) is 0 Å². The van der Waals surface area contributed by atoms with Gasteiger partial charge >= 0.3 is 0 Å². The van der Waals surface area contributed by atoms with Crippen LogP contribution >= 0.6 is 11.6 Å². The molecule has 1 aromatic rings. The molecule has 1 aromatic heterocycles. The van der Waals surface area contributed by atoms with Crippen LogP contribution in [-0.2, 0) is 9.59 Å². The molecule has 1 heterocycles. The molecule has 0 fully saturated rings. The summed E-state index contributed by atoms with van der Waals surface area (Å²) in [7, 11) is 0. The second-order valence-corrected chi connectivity index (χ2v) is 5.89. The highest BCUT2D eigenvalue weighted by molar-refractivity contribution is 6.29. The second-order valence-electron chi connectivity index (χ2n) is 5.50. The average Bonchev–Trinajstić information content (AvgIpc) is 2.46. The zero-order valence-electron chi connectivity index (χ0n) is 13.2. The summed E-state index contributed by atoms with van der Waals surface area (Å²) in [5, 5.41) is 2.97. The number of nitrogens with zero attached hydrogens (tertiary/aromatic N) is 1. The van der Waals surface area contributed by atoms with Crippen LogP contribution in [0.5, 0.6) is 0 Å². The number of carbonyl (C=O) groups excluding carboxylic acids is 2. The van der Waals surface area contributed by atoms with Crippen molar-refractivity contribution in [2.24, 2.45) is 0 Å². The Kier molecular flexibility index (Phi) is 9.47. The van der Waals surface area contributed by atoms with Crippen LogP contribution in [0.4, 0.5) is 5.69 Å². The minimum Gasteiger partial charge on any atom is -0.326 e. The Morgan fingerprint density at radius 2 is 1.82 bits per heavy atom. The van der Waals surface area contributed by atoms with Gasteiger partial charge in [0, 0.05) is 18.3 Å². The lowest BCUT2D eigenvalue weighted by molar-refractivity contribution is -0.125. The minimum atomic E-state index is -0.296. The van der Waals surface area contributed by atoms with E-state index in [4.69, 9.17) is 11.6 Å². The summed E-state index contributed by atoms with van der Waals surface area (Å²) in [6, 6.07) is 3.20. The van der Waals surface area contributed by atoms with Gasteiger partial charge in [0.1, 0.15) is 10.9 Å². The average molecular weight is 325 g/mol. The number of anilines is 1. The Morgan fingerprint density at radius 3 is 2.50 bits per heavy atom. The Balaban J connectivity index is 2.12. The van der Waals surface area contributed by atoms with Crippen molar-refractivity contribution in [2.75, 3.05) is 5.32 Å². The van der Waals surface area contributed by atoms with E-state index in [1.807, 2.05) is 0 Å². The summed E-state index contributed by atoms with van der Waals surface area (Å²) in [4.78, 5) is 27.3. The van der Waals surface area contributed by atoms with Crippen LogP contribution in [0.2, 0.25) is 5.15 Å². The number of amides is 1. The molecule has 1 N–H and O–H groups in total. The van der Waals surface area contributed by atoms with Crippen LogP contribution < -0.4 is 5.32 Å². The molecule has 1 amide bonds. The fourth-order valence-electron chi connectivity index (χ4n) is 2.23. The summed E-state index contributed by atoms with van der Waals surface area (Å²) in [5.41, 5.74) is 0.564. The summed E-state index contributed by atoms with van der Waals surface area (Å²) < 4.78 is 0. The molecule has 0 radical (unpaired) electrons. The van der Waals surface area contributed by atoms with Crippen LogP contribution in [0.15, 0.2) is 18.3 Å². The standard InChI is InChI=1S/C17H25ClN2O2/c1-2-3-4-5-6-7-8-9-15(21)13-17(22)20-14-10-11-19-16(18)12-14/h10-12H,2-9,13H2,1H3,(H,19,20,22). The third kappa shape index (κ3) is 8.78. The molecule has 0 saturated heterocycles. The highest BCUT2D eigenvalue weighted by Crippen LogP contribution is 2.13. The van der Waals surface area contributed by atoms with Crippen molar-refractivity contribution >= 4 is 29.0 Å². The molecule has 0 bridgehead atoms. The number of aromatic nitrogens is 1. The van der Waals surface area contributed by atoms with E-state index in [9.17, 15) is 9.59 Å². The number of hydrogen-bond acceptors (Lipinski definition) is 3.